The summed E-state index contributed by atoms with van der Waals surface area (Å²) in [5, 5.41) is 4.30. The molecule has 2 aliphatic heterocycles. The van der Waals surface area contributed by atoms with E-state index in [0.717, 1.165) is 36.5 Å². The monoisotopic (exact) mass is 335 g/mol. The third-order valence-electron chi connectivity index (χ3n) is 5.57. The molecule has 0 amide bonds. The Morgan fingerprint density at radius 3 is 2.80 bits per heavy atom. The Morgan fingerprint density at radius 1 is 1.12 bits per heavy atom. The van der Waals surface area contributed by atoms with E-state index in [9.17, 15) is 0 Å². The Labute approximate surface area is 146 Å². The van der Waals surface area contributed by atoms with Crippen molar-refractivity contribution in [3.8, 4) is 17.1 Å². The number of benzene rings is 1. The zero-order chi connectivity index (χ0) is 16.7. The molecule has 0 atom stereocenters. The molecule has 6 nitrogen and oxygen atoms in total. The van der Waals surface area contributed by atoms with Crippen LogP contribution in [-0.2, 0) is 5.41 Å². The number of nitrogens with zero attached hydrogens (tertiary/aromatic N) is 5. The zero-order valence-electron chi connectivity index (χ0n) is 14.1. The number of fused-ring (bicyclic) bond motifs is 2. The summed E-state index contributed by atoms with van der Waals surface area (Å²) in [6.07, 6.45) is 10.2. The fourth-order valence-corrected chi connectivity index (χ4v) is 4.32. The minimum Gasteiger partial charge on any atom is -0.338 e. The standard InChI is InChI=1S/C19H21N5O/c1-4-15(12-16(5-1)24-11-8-20-14-24)17-21-18(25-22-17)19-6-2-9-23(13-19)10-3-7-19/h1,4-5,8,11-12,14H,2-3,6-7,9-10,13H2. The fourth-order valence-electron chi connectivity index (χ4n) is 4.32. The van der Waals surface area contributed by atoms with Gasteiger partial charge in [0.2, 0.25) is 11.7 Å². The summed E-state index contributed by atoms with van der Waals surface area (Å²) in [5.41, 5.74) is 2.08. The van der Waals surface area contributed by atoms with E-state index in [2.05, 4.69) is 21.1 Å². The van der Waals surface area contributed by atoms with Crippen molar-refractivity contribution in [2.75, 3.05) is 19.6 Å². The lowest BCUT2D eigenvalue weighted by Crippen LogP contribution is -2.50. The third kappa shape index (κ3) is 2.57. The van der Waals surface area contributed by atoms with Gasteiger partial charge in [-0.25, -0.2) is 4.98 Å². The van der Waals surface area contributed by atoms with Crippen molar-refractivity contribution in [3.63, 3.8) is 0 Å². The average molecular weight is 335 g/mol. The molecule has 0 saturated carbocycles. The van der Waals surface area contributed by atoms with Crippen LogP contribution >= 0.6 is 0 Å². The molecule has 0 spiro atoms. The molecule has 2 aliphatic rings. The van der Waals surface area contributed by atoms with Gasteiger partial charge in [-0.05, 0) is 50.9 Å². The van der Waals surface area contributed by atoms with Crippen molar-refractivity contribution in [1.82, 2.24) is 24.6 Å². The van der Waals surface area contributed by atoms with E-state index in [1.54, 1.807) is 12.5 Å². The van der Waals surface area contributed by atoms with Crippen LogP contribution in [0, 0.1) is 0 Å². The Morgan fingerprint density at radius 2 is 2.00 bits per heavy atom. The van der Waals surface area contributed by atoms with Crippen molar-refractivity contribution in [2.45, 2.75) is 31.1 Å². The highest BCUT2D eigenvalue weighted by atomic mass is 16.5. The molecule has 4 heterocycles. The molecule has 2 fully saturated rings. The minimum absolute atomic E-state index is 0.0592. The predicted molar refractivity (Wildman–Crippen MR) is 93.4 cm³/mol. The first-order valence-electron chi connectivity index (χ1n) is 8.98. The smallest absolute Gasteiger partial charge is 0.234 e. The van der Waals surface area contributed by atoms with Crippen molar-refractivity contribution >= 4 is 0 Å². The number of hydrogen-bond acceptors (Lipinski definition) is 5. The van der Waals surface area contributed by atoms with Gasteiger partial charge in [0, 0.05) is 30.2 Å². The van der Waals surface area contributed by atoms with Crippen LogP contribution in [0.25, 0.3) is 17.1 Å². The molecule has 2 bridgehead atoms. The lowest BCUT2D eigenvalue weighted by molar-refractivity contribution is 0.0711. The van der Waals surface area contributed by atoms with Crippen molar-refractivity contribution in [2.24, 2.45) is 0 Å². The van der Waals surface area contributed by atoms with Gasteiger partial charge in [0.05, 0.1) is 11.7 Å². The van der Waals surface area contributed by atoms with Gasteiger partial charge in [0.15, 0.2) is 0 Å². The van der Waals surface area contributed by atoms with Crippen LogP contribution in [0.5, 0.6) is 0 Å². The highest BCUT2D eigenvalue weighted by Crippen LogP contribution is 2.41. The van der Waals surface area contributed by atoms with Crippen LogP contribution in [0.3, 0.4) is 0 Å². The minimum atomic E-state index is 0.0592. The normalized spacial score (nSPS) is 25.8. The first-order valence-corrected chi connectivity index (χ1v) is 8.98. The van der Waals surface area contributed by atoms with Gasteiger partial charge in [-0.15, -0.1) is 0 Å². The Balaban J connectivity index is 1.48. The number of imidazole rings is 1. The Kier molecular flexibility index (Phi) is 3.45. The molecule has 0 radical (unpaired) electrons. The molecule has 128 valence electrons. The summed E-state index contributed by atoms with van der Waals surface area (Å²) in [6.45, 7) is 3.47. The van der Waals surface area contributed by atoms with E-state index in [1.165, 1.54) is 25.9 Å². The SMILES string of the molecule is c1cc(-c2noc(C34CCCN(CCC3)C4)n2)cc(-n2ccnc2)c1. The second kappa shape index (κ2) is 5.81. The highest BCUT2D eigenvalue weighted by molar-refractivity contribution is 5.58. The van der Waals surface area contributed by atoms with Crippen LogP contribution in [0.15, 0.2) is 47.5 Å². The van der Waals surface area contributed by atoms with E-state index >= 15 is 0 Å². The maximum Gasteiger partial charge on any atom is 0.234 e. The Hall–Kier alpha value is -2.47. The quantitative estimate of drug-likeness (QED) is 0.736. The molecule has 3 aromatic rings. The third-order valence-corrected chi connectivity index (χ3v) is 5.57. The summed E-state index contributed by atoms with van der Waals surface area (Å²) in [6, 6.07) is 8.16. The van der Waals surface area contributed by atoms with Crippen LogP contribution in [0.1, 0.15) is 31.6 Å². The molecule has 0 unspecified atom stereocenters. The molecular formula is C19H21N5O. The summed E-state index contributed by atoms with van der Waals surface area (Å²) < 4.78 is 7.73. The van der Waals surface area contributed by atoms with E-state index in [-0.39, 0.29) is 5.41 Å². The first kappa shape index (κ1) is 14.8. The van der Waals surface area contributed by atoms with Gasteiger partial charge in [0.1, 0.15) is 0 Å². The molecule has 0 aliphatic carbocycles. The van der Waals surface area contributed by atoms with Gasteiger partial charge in [-0.2, -0.15) is 4.98 Å². The average Bonchev–Trinajstić information content (AvgIpc) is 3.34. The molecule has 1 aromatic carbocycles. The molecule has 25 heavy (non-hydrogen) atoms. The first-order chi connectivity index (χ1) is 12.3. The molecular weight excluding hydrogens is 314 g/mol. The number of aromatic nitrogens is 4. The maximum atomic E-state index is 5.76. The van der Waals surface area contributed by atoms with E-state index in [4.69, 9.17) is 9.51 Å². The van der Waals surface area contributed by atoms with Gasteiger partial charge in [0.25, 0.3) is 0 Å². The molecule has 0 N–H and O–H groups in total. The number of hydrogen-bond donors (Lipinski definition) is 0. The second-order valence-electron chi connectivity index (χ2n) is 7.21. The predicted octanol–water partition coefficient (Wildman–Crippen LogP) is 3.05. The largest absolute Gasteiger partial charge is 0.338 e. The summed E-state index contributed by atoms with van der Waals surface area (Å²) in [7, 11) is 0. The zero-order valence-corrected chi connectivity index (χ0v) is 14.1. The summed E-state index contributed by atoms with van der Waals surface area (Å²) >= 11 is 0. The molecule has 6 heteroatoms. The van der Waals surface area contributed by atoms with Crippen molar-refractivity contribution in [1.29, 1.82) is 0 Å². The lowest BCUT2D eigenvalue weighted by Gasteiger charge is -2.44. The Bertz CT molecular complexity index is 860. The van der Waals surface area contributed by atoms with Crippen molar-refractivity contribution < 1.29 is 4.52 Å². The summed E-state index contributed by atoms with van der Waals surface area (Å²) in [5.74, 6) is 1.49. The molecule has 2 aromatic heterocycles. The van der Waals surface area contributed by atoms with Crippen LogP contribution < -0.4 is 0 Å². The summed E-state index contributed by atoms with van der Waals surface area (Å²) in [4.78, 5) is 11.5. The topological polar surface area (TPSA) is 60.0 Å². The van der Waals surface area contributed by atoms with Crippen molar-refractivity contribution in [3.05, 3.63) is 48.9 Å². The highest BCUT2D eigenvalue weighted by Gasteiger charge is 2.44. The van der Waals surface area contributed by atoms with Crippen LogP contribution in [-0.4, -0.2) is 44.2 Å². The van der Waals surface area contributed by atoms with E-state index in [0.29, 0.717) is 5.82 Å². The lowest BCUT2D eigenvalue weighted by atomic mass is 9.73. The maximum absolute atomic E-state index is 5.76. The van der Waals surface area contributed by atoms with E-state index < -0.39 is 0 Å². The fraction of sp³-hybridized carbons (Fsp3) is 0.421. The second-order valence-corrected chi connectivity index (χ2v) is 7.21. The number of piperidine rings is 2. The van der Waals surface area contributed by atoms with Gasteiger partial charge in [-0.3, -0.25) is 0 Å². The molecule has 2 saturated heterocycles. The van der Waals surface area contributed by atoms with Gasteiger partial charge in [-0.1, -0.05) is 17.3 Å². The van der Waals surface area contributed by atoms with Crippen LogP contribution in [0.2, 0.25) is 0 Å². The number of rotatable bonds is 3. The molecule has 5 rings (SSSR count). The van der Waals surface area contributed by atoms with Gasteiger partial charge < -0.3 is 14.0 Å². The van der Waals surface area contributed by atoms with E-state index in [1.807, 2.05) is 29.0 Å². The van der Waals surface area contributed by atoms with Gasteiger partial charge >= 0.3 is 0 Å². The van der Waals surface area contributed by atoms with Crippen LogP contribution in [0.4, 0.5) is 0 Å².